The number of ether oxygens (including phenoxy) is 1. The minimum atomic E-state index is -9.92. The van der Waals surface area contributed by atoms with E-state index in [4.69, 9.17) is 4.74 Å². The number of carbonyl (C=O) groups excluding carboxylic acids is 1. The number of carbonyl (C=O) groups is 1. The van der Waals surface area contributed by atoms with Crippen molar-refractivity contribution < 1.29 is 29.0 Å². The number of benzene rings is 1. The number of fused-ring (bicyclic) bond motifs is 1. The van der Waals surface area contributed by atoms with Gasteiger partial charge in [-0.15, -0.1) is 0 Å². The highest BCUT2D eigenvalue weighted by molar-refractivity contribution is 9.10. The van der Waals surface area contributed by atoms with Crippen LogP contribution in [0.25, 0.3) is 0 Å². The number of pyridine rings is 1. The number of halogens is 6. The molecule has 0 saturated heterocycles. The fraction of sp³-hybridized carbons (Fsp3) is 0.400. The third kappa shape index (κ3) is 7.25. The summed E-state index contributed by atoms with van der Waals surface area (Å²) in [5, 5.41) is 7.66. The molecule has 0 radical (unpaired) electrons. The average molecular weight is 623 g/mol. The Bertz CT molecular complexity index is 1370. The molecule has 1 aliphatic rings. The van der Waals surface area contributed by atoms with E-state index in [0.29, 0.717) is 36.7 Å². The Labute approximate surface area is 225 Å². The fourth-order valence-corrected chi connectivity index (χ4v) is 5.83. The van der Waals surface area contributed by atoms with E-state index in [0.717, 1.165) is 30.9 Å². The Morgan fingerprint density at radius 3 is 2.63 bits per heavy atom. The number of ketones is 1. The highest BCUT2D eigenvalue weighted by Gasteiger charge is 2.65. The molecule has 0 amide bonds. The summed E-state index contributed by atoms with van der Waals surface area (Å²) in [5.74, 6) is 0.246. The summed E-state index contributed by atoms with van der Waals surface area (Å²) in [6.07, 6.45) is 2.55. The van der Waals surface area contributed by atoms with Crippen molar-refractivity contribution in [2.75, 3.05) is 18.5 Å². The van der Waals surface area contributed by atoms with Gasteiger partial charge in [-0.05, 0) is 67.5 Å². The molecule has 2 aromatic heterocycles. The predicted octanol–water partition coefficient (Wildman–Crippen LogP) is 7.52. The largest absolute Gasteiger partial charge is 0.477 e. The van der Waals surface area contributed by atoms with Crippen molar-refractivity contribution in [1.82, 2.24) is 14.8 Å². The van der Waals surface area contributed by atoms with Gasteiger partial charge in [-0.3, -0.25) is 0 Å². The van der Waals surface area contributed by atoms with Crippen LogP contribution in [0.2, 0.25) is 0 Å². The Balaban J connectivity index is 1.49. The van der Waals surface area contributed by atoms with Crippen molar-refractivity contribution in [1.29, 1.82) is 0 Å². The maximum Gasteiger partial charge on any atom is 0.310 e. The van der Waals surface area contributed by atoms with Crippen molar-refractivity contribution in [3.63, 3.8) is 0 Å². The predicted molar refractivity (Wildman–Crippen MR) is 141 cm³/mol. The van der Waals surface area contributed by atoms with Crippen LogP contribution in [0, 0.1) is 0 Å². The number of nitrogens with one attached hydrogen (secondary N) is 1. The Morgan fingerprint density at radius 2 is 1.92 bits per heavy atom. The second kappa shape index (κ2) is 9.82. The van der Waals surface area contributed by atoms with Crippen molar-refractivity contribution in [2.45, 2.75) is 49.8 Å². The number of rotatable bonds is 10. The van der Waals surface area contributed by atoms with Crippen LogP contribution < -0.4 is 10.1 Å². The number of anilines is 1. The Hall–Kier alpha value is -2.67. The van der Waals surface area contributed by atoms with Crippen LogP contribution in [0.15, 0.2) is 45.8 Å². The summed E-state index contributed by atoms with van der Waals surface area (Å²) >= 11 is 2.91. The van der Waals surface area contributed by atoms with Gasteiger partial charge in [-0.25, -0.2) is 9.67 Å². The Morgan fingerprint density at radius 1 is 1.16 bits per heavy atom. The van der Waals surface area contributed by atoms with E-state index < -0.39 is 21.0 Å². The number of nitrogens with zero attached hydrogens (tertiary/aromatic N) is 3. The van der Waals surface area contributed by atoms with E-state index >= 15 is 0 Å². The monoisotopic (exact) mass is 622 g/mol. The number of aryl methyl sites for hydroxylation is 2. The van der Waals surface area contributed by atoms with Crippen LogP contribution in [-0.4, -0.2) is 33.7 Å². The lowest BCUT2D eigenvalue weighted by atomic mass is 9.90. The number of Topliss-reactive ketones (excluding diaryl/α,β-unsaturated/α-hetero) is 1. The SMILES string of the molecule is CC(=O)CC(Cc1cc(OCCc2ccc3c(n2)NCCC3)n(C)n1)c1cc(Br)cc(S(F)(F)(F)(F)F)c1. The average Bonchev–Trinajstić information content (AvgIpc) is 3.15. The molecule has 3 heterocycles. The topological polar surface area (TPSA) is 69.0 Å². The maximum atomic E-state index is 13.5. The van der Waals surface area contributed by atoms with Crippen molar-refractivity contribution in [3.05, 3.63) is 63.4 Å². The second-order valence-corrected chi connectivity index (χ2v) is 12.9. The van der Waals surface area contributed by atoms with Gasteiger partial charge in [0.1, 0.15) is 16.5 Å². The summed E-state index contributed by atoms with van der Waals surface area (Å²) < 4.78 is 74.8. The van der Waals surface area contributed by atoms with Crippen LogP contribution in [0.1, 0.15) is 48.2 Å². The van der Waals surface area contributed by atoms with Crippen LogP contribution >= 0.6 is 26.2 Å². The van der Waals surface area contributed by atoms with Gasteiger partial charge in [0, 0.05) is 42.7 Å². The maximum absolute atomic E-state index is 13.5. The first-order chi connectivity index (χ1) is 17.6. The van der Waals surface area contributed by atoms with E-state index in [2.05, 4.69) is 37.4 Å². The van der Waals surface area contributed by atoms with Gasteiger partial charge in [0.25, 0.3) is 0 Å². The highest BCUT2D eigenvalue weighted by Crippen LogP contribution is 3.02. The zero-order valence-corrected chi connectivity index (χ0v) is 23.2. The lowest BCUT2D eigenvalue weighted by Gasteiger charge is -2.41. The van der Waals surface area contributed by atoms with Crippen LogP contribution in [-0.2, 0) is 31.1 Å². The van der Waals surface area contributed by atoms with Gasteiger partial charge in [0.05, 0.1) is 12.3 Å². The Kier molecular flexibility index (Phi) is 7.32. The molecule has 3 aromatic rings. The third-order valence-corrected chi connectivity index (χ3v) is 7.83. The zero-order valence-electron chi connectivity index (χ0n) is 20.8. The number of aromatic nitrogens is 3. The summed E-state index contributed by atoms with van der Waals surface area (Å²) in [4.78, 5) is 14.5. The molecule has 1 N–H and O–H groups in total. The van der Waals surface area contributed by atoms with Gasteiger partial charge in [0.15, 0.2) is 0 Å². The van der Waals surface area contributed by atoms with E-state index in [9.17, 15) is 24.2 Å². The summed E-state index contributed by atoms with van der Waals surface area (Å²) in [7, 11) is -8.26. The molecular formula is C25H28BrF5N4O2S. The normalized spacial score (nSPS) is 16.1. The summed E-state index contributed by atoms with van der Waals surface area (Å²) in [5.41, 5.74) is 2.49. The molecule has 208 valence electrons. The highest BCUT2D eigenvalue weighted by atomic mass is 79.9. The molecule has 4 rings (SSSR count). The standard InChI is InChI=1S/C25H28BrF5N4O2S/c1-16(36)10-18(19-11-20(26)14-23(13-19)38(27,28,29,30)31)12-22-15-24(35(2)34-22)37-9-7-21-6-5-17-4-3-8-32-25(17)33-21/h5-6,11,13-15,18H,3-4,7-10,12H2,1-2H3,(H,32,33). The molecule has 0 fully saturated rings. The zero-order chi connectivity index (χ0) is 27.8. The number of hydrogen-bond donors (Lipinski definition) is 1. The molecule has 6 nitrogen and oxygen atoms in total. The van der Waals surface area contributed by atoms with E-state index in [1.807, 2.05) is 6.07 Å². The van der Waals surface area contributed by atoms with E-state index in [-0.39, 0.29) is 28.7 Å². The molecule has 1 unspecified atom stereocenters. The lowest BCUT2D eigenvalue weighted by molar-refractivity contribution is -0.117. The first kappa shape index (κ1) is 28.3. The first-order valence-electron chi connectivity index (χ1n) is 12.0. The fourth-order valence-electron chi connectivity index (χ4n) is 4.46. The van der Waals surface area contributed by atoms with Crippen LogP contribution in [0.3, 0.4) is 0 Å². The van der Waals surface area contributed by atoms with Crippen LogP contribution in [0.5, 0.6) is 5.88 Å². The summed E-state index contributed by atoms with van der Waals surface area (Å²) in [6, 6.07) is 7.77. The van der Waals surface area contributed by atoms with Crippen molar-refractivity contribution in [2.24, 2.45) is 7.05 Å². The molecular weight excluding hydrogens is 595 g/mol. The van der Waals surface area contributed by atoms with Crippen LogP contribution in [0.4, 0.5) is 25.2 Å². The minimum absolute atomic E-state index is 0.0296. The quantitative estimate of drug-likeness (QED) is 0.237. The molecule has 13 heteroatoms. The molecule has 1 atom stereocenters. The van der Waals surface area contributed by atoms with E-state index in [1.165, 1.54) is 23.2 Å². The van der Waals surface area contributed by atoms with Gasteiger partial charge in [-0.2, -0.15) is 5.10 Å². The second-order valence-electron chi connectivity index (χ2n) is 9.53. The summed E-state index contributed by atoms with van der Waals surface area (Å²) in [6.45, 7) is 2.51. The molecule has 38 heavy (non-hydrogen) atoms. The van der Waals surface area contributed by atoms with Gasteiger partial charge >= 0.3 is 10.2 Å². The smallest absolute Gasteiger partial charge is 0.310 e. The van der Waals surface area contributed by atoms with E-state index in [1.54, 1.807) is 13.1 Å². The lowest BCUT2D eigenvalue weighted by Crippen LogP contribution is -2.14. The molecule has 1 aliphatic heterocycles. The molecule has 1 aromatic carbocycles. The minimum Gasteiger partial charge on any atom is -0.477 e. The van der Waals surface area contributed by atoms with Crippen molar-refractivity contribution in [3.8, 4) is 5.88 Å². The van der Waals surface area contributed by atoms with Gasteiger partial charge in [0.2, 0.25) is 5.88 Å². The molecule has 0 saturated carbocycles. The molecule has 0 bridgehead atoms. The van der Waals surface area contributed by atoms with Crippen molar-refractivity contribution >= 4 is 37.8 Å². The molecule has 0 spiro atoms. The number of hydrogen-bond acceptors (Lipinski definition) is 5. The van der Waals surface area contributed by atoms with Gasteiger partial charge in [-0.1, -0.05) is 41.4 Å². The first-order valence-corrected chi connectivity index (χ1v) is 14.7. The van der Waals surface area contributed by atoms with Gasteiger partial charge < -0.3 is 14.8 Å². The third-order valence-electron chi connectivity index (χ3n) is 6.25. The molecule has 0 aliphatic carbocycles.